The molecule has 5 nitrogen and oxygen atoms in total. The molecule has 0 fully saturated rings. The molecular formula is C23H30N4O. The molecule has 1 aromatic heterocycles. The van der Waals surface area contributed by atoms with Gasteiger partial charge in [0, 0.05) is 32.4 Å². The van der Waals surface area contributed by atoms with Crippen molar-refractivity contribution in [3.05, 3.63) is 81.8 Å². The summed E-state index contributed by atoms with van der Waals surface area (Å²) in [4.78, 5) is 16.1. The van der Waals surface area contributed by atoms with Crippen molar-refractivity contribution in [3.63, 3.8) is 0 Å². The van der Waals surface area contributed by atoms with Crippen LogP contribution >= 0.6 is 0 Å². The lowest BCUT2D eigenvalue weighted by Crippen LogP contribution is -2.37. The summed E-state index contributed by atoms with van der Waals surface area (Å²) in [5, 5.41) is 6.76. The normalized spacial score (nSPS) is 14.5. The second-order valence-electron chi connectivity index (χ2n) is 7.19. The summed E-state index contributed by atoms with van der Waals surface area (Å²) < 4.78 is 1.71. The molecule has 0 atom stereocenters. The highest BCUT2D eigenvalue weighted by atomic mass is 16.1. The Kier molecular flexibility index (Phi) is 7.47. The molecule has 3 rings (SSSR count). The topological polar surface area (TPSA) is 58.4 Å². The number of pyridine rings is 1. The number of hydrogen-bond donors (Lipinski definition) is 2. The quantitative estimate of drug-likeness (QED) is 0.441. The third kappa shape index (κ3) is 6.12. The highest BCUT2D eigenvalue weighted by Crippen LogP contribution is 2.19. The average molecular weight is 379 g/mol. The van der Waals surface area contributed by atoms with Crippen molar-refractivity contribution < 1.29 is 0 Å². The van der Waals surface area contributed by atoms with E-state index < -0.39 is 0 Å². The lowest BCUT2D eigenvalue weighted by atomic mass is 9.97. The van der Waals surface area contributed by atoms with E-state index in [-0.39, 0.29) is 5.56 Å². The van der Waals surface area contributed by atoms with Crippen LogP contribution in [0.4, 0.5) is 0 Å². The van der Waals surface area contributed by atoms with Crippen molar-refractivity contribution in [2.24, 2.45) is 4.99 Å². The molecule has 1 aromatic carbocycles. The van der Waals surface area contributed by atoms with Gasteiger partial charge in [-0.1, -0.05) is 42.0 Å². The Morgan fingerprint density at radius 3 is 2.61 bits per heavy atom. The summed E-state index contributed by atoms with van der Waals surface area (Å²) in [6, 6.07) is 13.6. The number of allylic oxidation sites excluding steroid dienone is 1. The molecule has 0 spiro atoms. The van der Waals surface area contributed by atoms with Crippen LogP contribution in [0.15, 0.2) is 70.1 Å². The zero-order valence-corrected chi connectivity index (χ0v) is 16.7. The van der Waals surface area contributed by atoms with Crippen molar-refractivity contribution in [2.75, 3.05) is 13.6 Å². The monoisotopic (exact) mass is 378 g/mol. The van der Waals surface area contributed by atoms with Gasteiger partial charge in [0.2, 0.25) is 0 Å². The number of guanidine groups is 1. The van der Waals surface area contributed by atoms with Gasteiger partial charge in [-0.25, -0.2) is 0 Å². The first kappa shape index (κ1) is 19.9. The van der Waals surface area contributed by atoms with Gasteiger partial charge in [0.15, 0.2) is 5.96 Å². The molecule has 0 saturated heterocycles. The molecule has 1 heterocycles. The van der Waals surface area contributed by atoms with Crippen LogP contribution in [0.2, 0.25) is 0 Å². The Labute approximate surface area is 167 Å². The average Bonchev–Trinajstić information content (AvgIpc) is 2.74. The van der Waals surface area contributed by atoms with Crippen LogP contribution in [0.5, 0.6) is 0 Å². The number of aromatic nitrogens is 1. The minimum absolute atomic E-state index is 0.0205. The highest BCUT2D eigenvalue weighted by molar-refractivity contribution is 5.79. The van der Waals surface area contributed by atoms with Crippen LogP contribution in [0.3, 0.4) is 0 Å². The van der Waals surface area contributed by atoms with E-state index in [1.165, 1.54) is 31.2 Å². The van der Waals surface area contributed by atoms with E-state index in [9.17, 15) is 4.79 Å². The molecule has 0 aliphatic heterocycles. The third-order valence-electron chi connectivity index (χ3n) is 5.08. The van der Waals surface area contributed by atoms with Crippen LogP contribution < -0.4 is 16.2 Å². The van der Waals surface area contributed by atoms with Gasteiger partial charge >= 0.3 is 0 Å². The van der Waals surface area contributed by atoms with Crippen LogP contribution in [-0.2, 0) is 13.1 Å². The first-order valence-electron chi connectivity index (χ1n) is 10.1. The van der Waals surface area contributed by atoms with Crippen molar-refractivity contribution in [1.82, 2.24) is 15.2 Å². The predicted octanol–water partition coefficient (Wildman–Crippen LogP) is 3.45. The summed E-state index contributed by atoms with van der Waals surface area (Å²) in [7, 11) is 1.80. The van der Waals surface area contributed by atoms with E-state index in [0.29, 0.717) is 13.1 Å². The largest absolute Gasteiger partial charge is 0.356 e. The van der Waals surface area contributed by atoms with E-state index in [1.807, 2.05) is 12.3 Å². The fraction of sp³-hybridized carbons (Fsp3) is 0.391. The number of benzene rings is 1. The van der Waals surface area contributed by atoms with Gasteiger partial charge in [-0.2, -0.15) is 0 Å². The summed E-state index contributed by atoms with van der Waals surface area (Å²) in [6.07, 6.45) is 10.4. The first-order chi connectivity index (χ1) is 13.7. The van der Waals surface area contributed by atoms with E-state index in [4.69, 9.17) is 0 Å². The van der Waals surface area contributed by atoms with Crippen molar-refractivity contribution in [3.8, 4) is 0 Å². The number of rotatable bonds is 7. The minimum atomic E-state index is 0.0205. The van der Waals surface area contributed by atoms with E-state index in [1.54, 1.807) is 29.3 Å². The maximum atomic E-state index is 11.8. The molecule has 0 unspecified atom stereocenters. The fourth-order valence-electron chi connectivity index (χ4n) is 3.43. The molecule has 28 heavy (non-hydrogen) atoms. The molecule has 2 N–H and O–H groups in total. The van der Waals surface area contributed by atoms with Gasteiger partial charge in [-0.3, -0.25) is 9.79 Å². The van der Waals surface area contributed by atoms with E-state index >= 15 is 0 Å². The van der Waals surface area contributed by atoms with E-state index in [0.717, 1.165) is 24.5 Å². The predicted molar refractivity (Wildman–Crippen MR) is 116 cm³/mol. The maximum Gasteiger partial charge on any atom is 0.250 e. The Hall–Kier alpha value is -2.82. The molecule has 0 amide bonds. The molecule has 0 bridgehead atoms. The van der Waals surface area contributed by atoms with Gasteiger partial charge in [-0.15, -0.1) is 0 Å². The van der Waals surface area contributed by atoms with Crippen molar-refractivity contribution >= 4 is 5.96 Å². The summed E-state index contributed by atoms with van der Waals surface area (Å²) >= 11 is 0. The number of hydrogen-bond acceptors (Lipinski definition) is 2. The SMILES string of the molecule is CN=C(NCCC1=CCCCC1)NCc1ccc(Cn2ccccc2=O)cc1. The maximum absolute atomic E-state index is 11.8. The summed E-state index contributed by atoms with van der Waals surface area (Å²) in [6.45, 7) is 2.22. The van der Waals surface area contributed by atoms with Crippen molar-refractivity contribution in [1.29, 1.82) is 0 Å². The van der Waals surface area contributed by atoms with Gasteiger partial charge in [0.05, 0.1) is 6.54 Å². The van der Waals surface area contributed by atoms with Crippen LogP contribution in [0.1, 0.15) is 43.2 Å². The molecule has 0 saturated carbocycles. The smallest absolute Gasteiger partial charge is 0.250 e. The molecule has 148 valence electrons. The van der Waals surface area contributed by atoms with Gasteiger partial charge in [0.1, 0.15) is 0 Å². The highest BCUT2D eigenvalue weighted by Gasteiger charge is 2.04. The Morgan fingerprint density at radius 2 is 1.89 bits per heavy atom. The fourth-order valence-corrected chi connectivity index (χ4v) is 3.43. The lowest BCUT2D eigenvalue weighted by molar-refractivity contribution is 0.665. The second kappa shape index (κ2) is 10.5. The lowest BCUT2D eigenvalue weighted by Gasteiger charge is -2.15. The second-order valence-corrected chi connectivity index (χ2v) is 7.19. The van der Waals surface area contributed by atoms with Crippen LogP contribution in [0.25, 0.3) is 0 Å². The van der Waals surface area contributed by atoms with Gasteiger partial charge < -0.3 is 15.2 Å². The minimum Gasteiger partial charge on any atom is -0.356 e. The molecule has 0 radical (unpaired) electrons. The standard InChI is InChI=1S/C23H30N4O/c1-24-23(25-15-14-19-7-3-2-4-8-19)26-17-20-10-12-21(13-11-20)18-27-16-6-5-9-22(27)28/h5-7,9-13,16H,2-4,8,14-15,17-18H2,1H3,(H2,24,25,26). The first-order valence-corrected chi connectivity index (χ1v) is 10.1. The van der Waals surface area contributed by atoms with Crippen molar-refractivity contribution in [2.45, 2.75) is 45.2 Å². The van der Waals surface area contributed by atoms with Crippen LogP contribution in [0, 0.1) is 0 Å². The van der Waals surface area contributed by atoms with Gasteiger partial charge in [0.25, 0.3) is 5.56 Å². The van der Waals surface area contributed by atoms with Gasteiger partial charge in [-0.05, 0) is 49.3 Å². The Morgan fingerprint density at radius 1 is 1.07 bits per heavy atom. The Balaban J connectivity index is 1.44. The molecule has 1 aliphatic rings. The third-order valence-corrected chi connectivity index (χ3v) is 5.08. The van der Waals surface area contributed by atoms with Crippen LogP contribution in [-0.4, -0.2) is 24.1 Å². The summed E-state index contributed by atoms with van der Waals surface area (Å²) in [5.74, 6) is 0.830. The number of aliphatic imine (C=N–C) groups is 1. The molecule has 1 aliphatic carbocycles. The summed E-state index contributed by atoms with van der Waals surface area (Å²) in [5.41, 5.74) is 3.89. The molecule has 2 aromatic rings. The zero-order chi connectivity index (χ0) is 19.6. The number of nitrogens with zero attached hydrogens (tertiary/aromatic N) is 2. The number of nitrogens with one attached hydrogen (secondary N) is 2. The zero-order valence-electron chi connectivity index (χ0n) is 16.7. The molecular weight excluding hydrogens is 348 g/mol. The molecule has 5 heteroatoms. The van der Waals surface area contributed by atoms with E-state index in [2.05, 4.69) is 46.0 Å². The Bertz CT molecular complexity index is 865.